The minimum atomic E-state index is -3.89. The third kappa shape index (κ3) is 9.13. The standard InChI is InChI=1S/C33H39Cl2N3O5S/c1-3-31(33(40)36-25-13-8-5-9-14-25)37(21-28-29(34)15-10-16-30(28)35)32(39)22-38(44(2,41)42)26-17-19-27(20-18-26)43-23-24-11-6-4-7-12-24/h4,6-7,10-12,15-20,25,31H,3,5,8-9,13-14,21-23H2,1-2H3,(H,36,40). The molecule has 236 valence electrons. The van der Waals surface area contributed by atoms with Gasteiger partial charge in [0.15, 0.2) is 0 Å². The van der Waals surface area contributed by atoms with E-state index in [2.05, 4.69) is 5.32 Å². The molecule has 1 atom stereocenters. The third-order valence-corrected chi connectivity index (χ3v) is 9.63. The number of nitrogens with zero attached hydrogens (tertiary/aromatic N) is 2. The van der Waals surface area contributed by atoms with Gasteiger partial charge in [-0.05, 0) is 61.2 Å². The lowest BCUT2D eigenvalue weighted by atomic mass is 9.95. The van der Waals surface area contributed by atoms with Gasteiger partial charge in [-0.25, -0.2) is 8.42 Å². The summed E-state index contributed by atoms with van der Waals surface area (Å²) in [5.74, 6) is -0.277. The number of carbonyl (C=O) groups excluding carboxylic acids is 2. The quantitative estimate of drug-likeness (QED) is 0.223. The van der Waals surface area contributed by atoms with Crippen molar-refractivity contribution in [3.63, 3.8) is 0 Å². The topological polar surface area (TPSA) is 96.0 Å². The molecule has 1 N–H and O–H groups in total. The number of hydrogen-bond acceptors (Lipinski definition) is 5. The van der Waals surface area contributed by atoms with Crippen LogP contribution in [-0.2, 0) is 32.8 Å². The Kier molecular flexibility index (Phi) is 11.9. The molecule has 0 saturated heterocycles. The number of carbonyl (C=O) groups is 2. The minimum absolute atomic E-state index is 0.0429. The summed E-state index contributed by atoms with van der Waals surface area (Å²) in [6.07, 6.45) is 6.36. The van der Waals surface area contributed by atoms with Crippen molar-refractivity contribution in [3.05, 3.63) is 94.0 Å². The predicted molar refractivity (Wildman–Crippen MR) is 176 cm³/mol. The van der Waals surface area contributed by atoms with Crippen molar-refractivity contribution < 1.29 is 22.7 Å². The molecule has 1 aliphatic rings. The van der Waals surface area contributed by atoms with Crippen molar-refractivity contribution in [2.24, 2.45) is 0 Å². The van der Waals surface area contributed by atoms with Crippen LogP contribution in [0.2, 0.25) is 10.0 Å². The highest BCUT2D eigenvalue weighted by Crippen LogP contribution is 2.28. The Hall–Kier alpha value is -3.27. The molecule has 0 aliphatic heterocycles. The first-order chi connectivity index (χ1) is 21.1. The minimum Gasteiger partial charge on any atom is -0.489 e. The number of sulfonamides is 1. The molecule has 11 heteroatoms. The van der Waals surface area contributed by atoms with Crippen LogP contribution in [0.15, 0.2) is 72.8 Å². The number of anilines is 1. The second-order valence-corrected chi connectivity index (χ2v) is 13.7. The first-order valence-corrected chi connectivity index (χ1v) is 17.4. The number of amides is 2. The molecule has 2 amide bonds. The van der Waals surface area contributed by atoms with Gasteiger partial charge in [-0.3, -0.25) is 13.9 Å². The maximum absolute atomic E-state index is 14.1. The molecule has 3 aromatic rings. The molecule has 1 saturated carbocycles. The molecule has 0 aromatic heterocycles. The summed E-state index contributed by atoms with van der Waals surface area (Å²) in [6, 6.07) is 20.4. The summed E-state index contributed by atoms with van der Waals surface area (Å²) in [5.41, 5.74) is 1.78. The Labute approximate surface area is 270 Å². The number of hydrogen-bond donors (Lipinski definition) is 1. The molecule has 8 nitrogen and oxygen atoms in total. The highest BCUT2D eigenvalue weighted by molar-refractivity contribution is 7.92. The third-order valence-electron chi connectivity index (χ3n) is 7.78. The monoisotopic (exact) mass is 659 g/mol. The van der Waals surface area contributed by atoms with Crippen LogP contribution in [-0.4, -0.2) is 50.0 Å². The molecule has 0 spiro atoms. The van der Waals surface area contributed by atoms with Gasteiger partial charge in [0.1, 0.15) is 24.9 Å². The zero-order valence-electron chi connectivity index (χ0n) is 25.0. The highest BCUT2D eigenvalue weighted by atomic mass is 35.5. The molecule has 1 fully saturated rings. The Balaban J connectivity index is 1.58. The van der Waals surface area contributed by atoms with Crippen LogP contribution in [0.3, 0.4) is 0 Å². The lowest BCUT2D eigenvalue weighted by Gasteiger charge is -2.34. The molecular formula is C33H39Cl2N3O5S. The summed E-state index contributed by atoms with van der Waals surface area (Å²) in [4.78, 5) is 29.0. The maximum atomic E-state index is 14.1. The smallest absolute Gasteiger partial charge is 0.244 e. The Bertz CT molecular complexity index is 1490. The number of ether oxygens (including phenoxy) is 1. The normalized spacial score (nSPS) is 14.5. The van der Waals surface area contributed by atoms with Crippen molar-refractivity contribution in [1.82, 2.24) is 10.2 Å². The number of rotatable bonds is 13. The molecule has 4 rings (SSSR count). The van der Waals surface area contributed by atoms with Gasteiger partial charge in [-0.15, -0.1) is 0 Å². The summed E-state index contributed by atoms with van der Waals surface area (Å²) in [5, 5.41) is 3.82. The van der Waals surface area contributed by atoms with Crippen molar-refractivity contribution in [1.29, 1.82) is 0 Å². The van der Waals surface area contributed by atoms with E-state index in [1.54, 1.807) is 42.5 Å². The van der Waals surface area contributed by atoms with E-state index >= 15 is 0 Å². The van der Waals surface area contributed by atoms with Gasteiger partial charge < -0.3 is 15.0 Å². The van der Waals surface area contributed by atoms with E-state index in [0.717, 1.165) is 48.2 Å². The Morgan fingerprint density at radius 1 is 0.932 bits per heavy atom. The SMILES string of the molecule is CCC(C(=O)NC1CCCCC1)N(Cc1c(Cl)cccc1Cl)C(=O)CN(c1ccc(OCc2ccccc2)cc1)S(C)(=O)=O. The average Bonchev–Trinajstić information content (AvgIpc) is 3.01. The maximum Gasteiger partial charge on any atom is 0.244 e. The molecule has 44 heavy (non-hydrogen) atoms. The van der Waals surface area contributed by atoms with Crippen LogP contribution in [0, 0.1) is 0 Å². The van der Waals surface area contributed by atoms with E-state index < -0.39 is 28.5 Å². The molecule has 0 radical (unpaired) electrons. The summed E-state index contributed by atoms with van der Waals surface area (Å²) < 4.78 is 32.9. The zero-order chi connectivity index (χ0) is 31.7. The summed E-state index contributed by atoms with van der Waals surface area (Å²) >= 11 is 12.9. The van der Waals surface area contributed by atoms with Crippen molar-refractivity contribution >= 4 is 50.7 Å². The lowest BCUT2D eigenvalue weighted by molar-refractivity contribution is -0.140. The van der Waals surface area contributed by atoms with E-state index in [4.69, 9.17) is 27.9 Å². The fourth-order valence-electron chi connectivity index (χ4n) is 5.38. The van der Waals surface area contributed by atoms with Crippen LogP contribution in [0.25, 0.3) is 0 Å². The van der Waals surface area contributed by atoms with Crippen molar-refractivity contribution in [2.75, 3.05) is 17.1 Å². The fourth-order valence-corrected chi connectivity index (χ4v) is 6.75. The van der Waals surface area contributed by atoms with Crippen LogP contribution >= 0.6 is 23.2 Å². The van der Waals surface area contributed by atoms with Crippen LogP contribution < -0.4 is 14.4 Å². The number of benzene rings is 3. The van der Waals surface area contributed by atoms with Gasteiger partial charge in [0.05, 0.1) is 11.9 Å². The molecule has 1 aliphatic carbocycles. The van der Waals surface area contributed by atoms with Crippen molar-refractivity contribution in [2.45, 2.75) is 70.7 Å². The average molecular weight is 661 g/mol. The first kappa shape index (κ1) is 33.6. The molecular weight excluding hydrogens is 621 g/mol. The van der Waals surface area contributed by atoms with Crippen LogP contribution in [0.1, 0.15) is 56.6 Å². The number of halogens is 2. The van der Waals surface area contributed by atoms with Crippen molar-refractivity contribution in [3.8, 4) is 5.75 Å². The molecule has 0 heterocycles. The second-order valence-electron chi connectivity index (χ2n) is 11.0. The predicted octanol–water partition coefficient (Wildman–Crippen LogP) is 6.59. The van der Waals surface area contributed by atoms with Gasteiger partial charge >= 0.3 is 0 Å². The Morgan fingerprint density at radius 3 is 2.16 bits per heavy atom. The second kappa shape index (κ2) is 15.6. The van der Waals surface area contributed by atoms with E-state index in [1.165, 1.54) is 4.90 Å². The van der Waals surface area contributed by atoms with Gasteiger partial charge in [0.2, 0.25) is 21.8 Å². The van der Waals surface area contributed by atoms with Crippen LogP contribution in [0.5, 0.6) is 5.75 Å². The zero-order valence-corrected chi connectivity index (χ0v) is 27.4. The molecule has 0 bridgehead atoms. The largest absolute Gasteiger partial charge is 0.489 e. The molecule has 1 unspecified atom stereocenters. The summed E-state index contributed by atoms with van der Waals surface area (Å²) in [7, 11) is -3.89. The Morgan fingerprint density at radius 2 is 1.57 bits per heavy atom. The lowest BCUT2D eigenvalue weighted by Crippen LogP contribution is -2.54. The van der Waals surface area contributed by atoms with Crippen LogP contribution in [0.4, 0.5) is 5.69 Å². The van der Waals surface area contributed by atoms with E-state index in [9.17, 15) is 18.0 Å². The highest BCUT2D eigenvalue weighted by Gasteiger charge is 2.33. The fraction of sp³-hybridized carbons (Fsp3) is 0.394. The van der Waals surface area contributed by atoms with E-state index in [-0.39, 0.29) is 18.5 Å². The first-order valence-electron chi connectivity index (χ1n) is 14.8. The van der Waals surface area contributed by atoms with Gasteiger partial charge in [-0.2, -0.15) is 0 Å². The van der Waals surface area contributed by atoms with E-state index in [1.807, 2.05) is 37.3 Å². The van der Waals surface area contributed by atoms with Gasteiger partial charge in [-0.1, -0.05) is 85.8 Å². The number of nitrogens with one attached hydrogen (secondary N) is 1. The van der Waals surface area contributed by atoms with E-state index in [0.29, 0.717) is 40.1 Å². The van der Waals surface area contributed by atoms with Gasteiger partial charge in [0.25, 0.3) is 0 Å². The molecule has 3 aromatic carbocycles. The van der Waals surface area contributed by atoms with Gasteiger partial charge in [0, 0.05) is 28.2 Å². The summed E-state index contributed by atoms with van der Waals surface area (Å²) in [6.45, 7) is 1.60.